The predicted octanol–water partition coefficient (Wildman–Crippen LogP) is 17.0. The van der Waals surface area contributed by atoms with Crippen LogP contribution in [0.5, 0.6) is 0 Å². The molecule has 6 heterocycles. The fourth-order valence-electron chi connectivity index (χ4n) is 20.6. The molecule has 14 fully saturated rings. The Kier molecular flexibility index (Phi) is 25.5. The maximum Gasteiger partial charge on any atom is 0.312 e. The van der Waals surface area contributed by atoms with E-state index in [0.29, 0.717) is 62.2 Å². The van der Waals surface area contributed by atoms with E-state index in [2.05, 4.69) is 50.2 Å². The minimum atomic E-state index is -0.555. The first kappa shape index (κ1) is 87.9. The molecular weight excluding hydrogens is 1440 g/mol. The van der Waals surface area contributed by atoms with Crippen LogP contribution in [0, 0.1) is 68.0 Å². The zero-order chi connectivity index (χ0) is 82.8. The Labute approximate surface area is 673 Å². The van der Waals surface area contributed by atoms with Gasteiger partial charge < -0.3 is 57.6 Å². The van der Waals surface area contributed by atoms with Gasteiger partial charge in [0.1, 0.15) is 34.6 Å². The van der Waals surface area contributed by atoms with Crippen molar-refractivity contribution in [2.75, 3.05) is 0 Å². The van der Waals surface area contributed by atoms with Crippen LogP contribution in [0.3, 0.4) is 0 Å². The third-order valence-electron chi connectivity index (χ3n) is 29.6. The molecular formula is C93H138O20. The van der Waals surface area contributed by atoms with E-state index in [-0.39, 0.29) is 95.2 Å². The number of ether oxygens (including phenoxy) is 10. The lowest BCUT2D eigenvalue weighted by Crippen LogP contribution is -2.61. The average molecular weight is 1580 g/mol. The average Bonchev–Trinajstić information content (AvgIpc) is 1.53. The third-order valence-corrected chi connectivity index (χ3v) is 29.6. The Morgan fingerprint density at radius 3 is 1.11 bits per heavy atom. The first-order valence-electron chi connectivity index (χ1n) is 43.4. The maximum absolute atomic E-state index is 12.5. The summed E-state index contributed by atoms with van der Waals surface area (Å²) in [6.45, 7) is 39.2. The second-order valence-corrected chi connectivity index (χ2v) is 40.8. The van der Waals surface area contributed by atoms with Crippen molar-refractivity contribution in [1.29, 1.82) is 0 Å². The normalized spacial score (nSPS) is 35.8. The third kappa shape index (κ3) is 18.2. The van der Waals surface area contributed by atoms with E-state index in [1.807, 2.05) is 137 Å². The summed E-state index contributed by atoms with van der Waals surface area (Å²) >= 11 is 0. The standard InChI is InChI=1S/C18H26O2.C17H24O2.2C16H26O3.2C13H18O5/c1-5-17(3,4)16(19)20-18(6-2)13-9-11-14-10-7-8-12-15(14)18;1-5-16(2,3)15(18)19-17(4)12-8-10-13-9-6-7-11-14(13)17;2*1-4-14(2,3)13(17)19-16-8-11-5-12(9-16)7-15(18,6-11)10-16;2*1-4-13(2,3)12(15)18-9-7-5-6-8(16-7)10(9)17-11(6)14/h7-8,10,12H,5-6,9,11,13H2,1-4H3;6-7,9,11H,5,8,10,12H2,1-4H3;2*11-12,18H,4-10H2,1-3H3;2*6-10H,4-5H2,1-3H3. The minimum Gasteiger partial charge on any atom is -0.459 e. The monoisotopic (exact) mass is 1570 g/mol. The second-order valence-electron chi connectivity index (χ2n) is 40.8. The second kappa shape index (κ2) is 32.7. The van der Waals surface area contributed by atoms with Crippen LogP contribution in [0.4, 0.5) is 0 Å². The predicted molar refractivity (Wildman–Crippen MR) is 425 cm³/mol. The molecule has 16 aliphatic rings. The number of hydrogen-bond donors (Lipinski definition) is 2. The summed E-state index contributed by atoms with van der Waals surface area (Å²) in [5, 5.41) is 21.3. The van der Waals surface area contributed by atoms with Crippen molar-refractivity contribution in [1.82, 2.24) is 0 Å². The quantitative estimate of drug-likeness (QED) is 0.0977. The number of aryl methyl sites for hydroxylation is 2. The van der Waals surface area contributed by atoms with Crippen molar-refractivity contribution >= 4 is 47.8 Å². The molecule has 6 aliphatic heterocycles. The SMILES string of the molecule is CCC(C)(C)C(=O)OC1(C)CCCc2ccccc21.CCC(C)(C)C(=O)OC1(CC)CCCc2ccccc21.CCC(C)(C)C(=O)OC12CC3CC(CC(O)(C3)C1)C2.CCC(C)(C)C(=O)OC12CC3CC(CC(O)(C3)C1)C2.CCC(C)(C)C(=O)OC1C2CC3C(=O)OC1C3O2.CCC(C)(C)C(=O)OC1C2CC3C(=O)OC1C3O2. The number of esters is 8. The van der Waals surface area contributed by atoms with Crippen LogP contribution < -0.4 is 0 Å². The fourth-order valence-corrected chi connectivity index (χ4v) is 20.6. The maximum atomic E-state index is 12.5. The molecule has 10 aliphatic carbocycles. The Morgan fingerprint density at radius 1 is 0.416 bits per heavy atom. The van der Waals surface area contributed by atoms with Crippen molar-refractivity contribution < 1.29 is 95.9 Å². The lowest BCUT2D eigenvalue weighted by atomic mass is 9.52. The van der Waals surface area contributed by atoms with Gasteiger partial charge in [0, 0.05) is 12.8 Å². The molecule has 0 aromatic heterocycles. The highest BCUT2D eigenvalue weighted by atomic mass is 16.7. The van der Waals surface area contributed by atoms with Crippen LogP contribution >= 0.6 is 0 Å². The van der Waals surface area contributed by atoms with E-state index in [0.717, 1.165) is 122 Å². The van der Waals surface area contributed by atoms with Crippen molar-refractivity contribution in [2.24, 2.45) is 68.0 Å². The highest BCUT2D eigenvalue weighted by Gasteiger charge is 2.68. The molecule has 0 radical (unpaired) electrons. The van der Waals surface area contributed by atoms with Crippen LogP contribution in [0.1, 0.15) is 321 Å². The molecule has 0 amide bonds. The van der Waals surface area contributed by atoms with Gasteiger partial charge in [-0.25, -0.2) is 0 Å². The van der Waals surface area contributed by atoms with E-state index < -0.39 is 79.3 Å². The van der Waals surface area contributed by atoms with Gasteiger partial charge in [0.25, 0.3) is 0 Å². The summed E-state index contributed by atoms with van der Waals surface area (Å²) in [5.41, 5.74) is -0.310. The molecule has 20 heteroatoms. The summed E-state index contributed by atoms with van der Waals surface area (Å²) in [7, 11) is 0. The fraction of sp³-hybridized carbons (Fsp3) is 0.785. The van der Waals surface area contributed by atoms with Gasteiger partial charge in [-0.2, -0.15) is 0 Å². The lowest BCUT2D eigenvalue weighted by molar-refractivity contribution is -0.226. The summed E-state index contributed by atoms with van der Waals surface area (Å²) < 4.78 is 56.9. The van der Waals surface area contributed by atoms with Crippen LogP contribution in [0.25, 0.3) is 0 Å². The zero-order valence-corrected chi connectivity index (χ0v) is 72.0. The van der Waals surface area contributed by atoms with E-state index in [1.165, 1.54) is 35.1 Å². The van der Waals surface area contributed by atoms with Crippen LogP contribution in [-0.4, -0.2) is 129 Å². The highest BCUT2D eigenvalue weighted by molar-refractivity contribution is 5.81. The summed E-state index contributed by atoms with van der Waals surface area (Å²) in [4.78, 5) is 96.8. The van der Waals surface area contributed by atoms with Crippen LogP contribution in [0.2, 0.25) is 0 Å². The van der Waals surface area contributed by atoms with Crippen molar-refractivity contribution in [3.8, 4) is 0 Å². The first-order chi connectivity index (χ1) is 52.7. The molecule has 0 spiro atoms. The number of benzene rings is 2. The van der Waals surface area contributed by atoms with Gasteiger partial charge in [0.05, 0.1) is 67.7 Å². The Hall–Kier alpha value is -5.96. The first-order valence-corrected chi connectivity index (χ1v) is 43.4. The molecule has 16 unspecified atom stereocenters. The molecule has 6 saturated heterocycles. The smallest absolute Gasteiger partial charge is 0.312 e. The Balaban J connectivity index is 0.000000134. The van der Waals surface area contributed by atoms with Gasteiger partial charge in [0.15, 0.2) is 24.4 Å². The van der Waals surface area contributed by atoms with Crippen LogP contribution in [-0.2, 0) is 110 Å². The number of carbonyl (C=O) groups is 8. The summed E-state index contributed by atoms with van der Waals surface area (Å²) in [6.07, 6.45) is 21.8. The van der Waals surface area contributed by atoms with Gasteiger partial charge in [-0.1, -0.05) is 97.0 Å². The van der Waals surface area contributed by atoms with Gasteiger partial charge in [0.2, 0.25) is 0 Å². The molecule has 16 atom stereocenters. The summed E-state index contributed by atoms with van der Waals surface area (Å²) in [5.74, 6) is 0.718. The number of carbonyl (C=O) groups excluding carboxylic acids is 8. The number of hydrogen-bond acceptors (Lipinski definition) is 20. The molecule has 2 aromatic rings. The molecule has 12 bridgehead atoms. The molecule has 8 saturated carbocycles. The van der Waals surface area contributed by atoms with E-state index in [9.17, 15) is 48.6 Å². The number of fused-ring (bicyclic) bond motifs is 4. The minimum absolute atomic E-state index is 0.0708. The zero-order valence-electron chi connectivity index (χ0n) is 72.0. The van der Waals surface area contributed by atoms with Crippen molar-refractivity contribution in [2.45, 2.75) is 394 Å². The Morgan fingerprint density at radius 2 is 0.743 bits per heavy atom. The molecule has 113 heavy (non-hydrogen) atoms. The van der Waals surface area contributed by atoms with Gasteiger partial charge in [-0.15, -0.1) is 0 Å². The van der Waals surface area contributed by atoms with Gasteiger partial charge in [-0.3, -0.25) is 38.4 Å². The van der Waals surface area contributed by atoms with Gasteiger partial charge >= 0.3 is 47.8 Å². The molecule has 18 rings (SSSR count). The van der Waals surface area contributed by atoms with E-state index in [1.54, 1.807) is 0 Å². The largest absolute Gasteiger partial charge is 0.459 e. The Bertz CT molecular complexity index is 3640. The number of aliphatic hydroxyl groups is 2. The van der Waals surface area contributed by atoms with E-state index >= 15 is 0 Å². The van der Waals surface area contributed by atoms with Crippen molar-refractivity contribution in [3.05, 3.63) is 70.8 Å². The van der Waals surface area contributed by atoms with E-state index in [4.69, 9.17) is 47.4 Å². The lowest BCUT2D eigenvalue weighted by Gasteiger charge is -2.59. The van der Waals surface area contributed by atoms with Crippen LogP contribution in [0.15, 0.2) is 48.5 Å². The summed E-state index contributed by atoms with van der Waals surface area (Å²) in [6, 6.07) is 16.7. The topological polar surface area (TPSA) is 269 Å². The molecule has 2 N–H and O–H groups in total. The number of rotatable bonds is 19. The highest BCUT2D eigenvalue weighted by Crippen LogP contribution is 2.61. The van der Waals surface area contributed by atoms with Gasteiger partial charge in [-0.05, 0) is 296 Å². The molecule has 20 nitrogen and oxygen atoms in total. The molecule has 2 aromatic carbocycles. The van der Waals surface area contributed by atoms with Crippen molar-refractivity contribution in [3.63, 3.8) is 0 Å². The molecule has 630 valence electrons.